The monoisotopic (exact) mass is 282 g/mol. The van der Waals surface area contributed by atoms with E-state index in [1.54, 1.807) is 0 Å². The molecule has 2 aromatic rings. The summed E-state index contributed by atoms with van der Waals surface area (Å²) in [5, 5.41) is 6.28. The molecule has 0 aliphatic rings. The zero-order valence-corrected chi connectivity index (χ0v) is 12.8. The van der Waals surface area contributed by atoms with Crippen LogP contribution in [0.15, 0.2) is 48.5 Å². The summed E-state index contributed by atoms with van der Waals surface area (Å²) in [7, 11) is 0. The van der Waals surface area contributed by atoms with Crippen molar-refractivity contribution in [2.45, 2.75) is 26.7 Å². The van der Waals surface area contributed by atoms with Gasteiger partial charge in [0.1, 0.15) is 0 Å². The smallest absolute Gasteiger partial charge is 0.221 e. The Hall–Kier alpha value is -2.29. The molecule has 21 heavy (non-hydrogen) atoms. The molecule has 0 aliphatic heterocycles. The molecule has 3 nitrogen and oxygen atoms in total. The van der Waals surface area contributed by atoms with Gasteiger partial charge in [0.2, 0.25) is 5.91 Å². The van der Waals surface area contributed by atoms with Crippen molar-refractivity contribution in [2.24, 2.45) is 0 Å². The van der Waals surface area contributed by atoms with Gasteiger partial charge in [-0.1, -0.05) is 37.3 Å². The summed E-state index contributed by atoms with van der Waals surface area (Å²) in [6.07, 6.45) is 0. The summed E-state index contributed by atoms with van der Waals surface area (Å²) >= 11 is 0. The highest BCUT2D eigenvalue weighted by atomic mass is 16.1. The Morgan fingerprint density at radius 2 is 1.86 bits per heavy atom. The van der Waals surface area contributed by atoms with E-state index < -0.39 is 0 Å². The van der Waals surface area contributed by atoms with Crippen LogP contribution in [0.25, 0.3) is 0 Å². The Morgan fingerprint density at radius 1 is 1.14 bits per heavy atom. The lowest BCUT2D eigenvalue weighted by molar-refractivity contribution is -0.114. The number of hydrogen-bond acceptors (Lipinski definition) is 2. The van der Waals surface area contributed by atoms with E-state index in [2.05, 4.69) is 47.9 Å². The number of carbonyl (C=O) groups is 1. The minimum atomic E-state index is -0.0449. The maximum absolute atomic E-state index is 11.1. The maximum atomic E-state index is 11.1. The van der Waals surface area contributed by atoms with E-state index in [0.29, 0.717) is 5.92 Å². The fourth-order valence-electron chi connectivity index (χ4n) is 2.27. The fourth-order valence-corrected chi connectivity index (χ4v) is 2.27. The molecule has 110 valence electrons. The van der Waals surface area contributed by atoms with Crippen molar-refractivity contribution in [1.82, 2.24) is 0 Å². The third-order valence-corrected chi connectivity index (χ3v) is 3.52. The van der Waals surface area contributed by atoms with E-state index in [4.69, 9.17) is 0 Å². The van der Waals surface area contributed by atoms with Gasteiger partial charge in [0.15, 0.2) is 0 Å². The first-order chi connectivity index (χ1) is 10.1. The summed E-state index contributed by atoms with van der Waals surface area (Å²) in [4.78, 5) is 11.1. The highest BCUT2D eigenvalue weighted by Gasteiger charge is 2.06. The molecule has 0 saturated heterocycles. The molecule has 1 amide bonds. The van der Waals surface area contributed by atoms with Crippen LogP contribution in [0.5, 0.6) is 0 Å². The number of nitrogens with one attached hydrogen (secondary N) is 2. The van der Waals surface area contributed by atoms with Gasteiger partial charge in [0.25, 0.3) is 0 Å². The molecule has 0 aliphatic carbocycles. The molecule has 0 spiro atoms. The van der Waals surface area contributed by atoms with Crippen molar-refractivity contribution in [2.75, 3.05) is 17.2 Å². The summed E-state index contributed by atoms with van der Waals surface area (Å²) in [5.41, 5.74) is 4.33. The Morgan fingerprint density at radius 3 is 2.48 bits per heavy atom. The lowest BCUT2D eigenvalue weighted by Crippen LogP contribution is -2.11. The maximum Gasteiger partial charge on any atom is 0.221 e. The highest BCUT2D eigenvalue weighted by molar-refractivity contribution is 5.89. The van der Waals surface area contributed by atoms with Gasteiger partial charge in [-0.05, 0) is 42.2 Å². The van der Waals surface area contributed by atoms with Gasteiger partial charge in [-0.15, -0.1) is 0 Å². The van der Waals surface area contributed by atoms with Gasteiger partial charge in [-0.3, -0.25) is 4.79 Å². The molecule has 0 radical (unpaired) electrons. The molecule has 3 heteroatoms. The topological polar surface area (TPSA) is 41.1 Å². The number of benzene rings is 2. The summed E-state index contributed by atoms with van der Waals surface area (Å²) in [6.45, 7) is 6.61. The predicted molar refractivity (Wildman–Crippen MR) is 88.8 cm³/mol. The minimum Gasteiger partial charge on any atom is -0.384 e. The second kappa shape index (κ2) is 6.93. The minimum absolute atomic E-state index is 0.0449. The Balaban J connectivity index is 1.97. The average Bonchev–Trinajstić information content (AvgIpc) is 2.48. The average molecular weight is 282 g/mol. The Bertz CT molecular complexity index is 608. The van der Waals surface area contributed by atoms with Crippen LogP contribution in [-0.2, 0) is 4.79 Å². The summed E-state index contributed by atoms with van der Waals surface area (Å²) < 4.78 is 0. The first-order valence-electron chi connectivity index (χ1n) is 7.23. The van der Waals surface area contributed by atoms with Crippen LogP contribution in [0.2, 0.25) is 0 Å². The van der Waals surface area contributed by atoms with Crippen molar-refractivity contribution in [3.8, 4) is 0 Å². The molecular weight excluding hydrogens is 260 g/mol. The van der Waals surface area contributed by atoms with E-state index in [0.717, 1.165) is 23.5 Å². The van der Waals surface area contributed by atoms with Crippen molar-refractivity contribution in [3.63, 3.8) is 0 Å². The van der Waals surface area contributed by atoms with Crippen LogP contribution in [0.3, 0.4) is 0 Å². The van der Waals surface area contributed by atoms with Gasteiger partial charge in [-0.2, -0.15) is 0 Å². The van der Waals surface area contributed by atoms with Crippen LogP contribution in [0.4, 0.5) is 11.4 Å². The van der Waals surface area contributed by atoms with Gasteiger partial charge in [-0.25, -0.2) is 0 Å². The molecule has 0 saturated carbocycles. The van der Waals surface area contributed by atoms with Gasteiger partial charge < -0.3 is 10.6 Å². The first-order valence-corrected chi connectivity index (χ1v) is 7.23. The van der Waals surface area contributed by atoms with Gasteiger partial charge >= 0.3 is 0 Å². The second-order valence-corrected chi connectivity index (χ2v) is 5.40. The Labute approximate surface area is 126 Å². The number of rotatable bonds is 5. The first kappa shape index (κ1) is 15.1. The fraction of sp³-hybridized carbons (Fsp3) is 0.278. The van der Waals surface area contributed by atoms with Crippen LogP contribution >= 0.6 is 0 Å². The lowest BCUT2D eigenvalue weighted by atomic mass is 10.0. The standard InChI is InChI=1S/C18H22N2O/c1-13-11-17(9-10-18(13)20-15(3)21)19-12-14(2)16-7-5-4-6-8-16/h4-11,14,19H,12H2,1-3H3,(H,20,21). The van der Waals surface area contributed by atoms with E-state index in [9.17, 15) is 4.79 Å². The molecule has 0 bridgehead atoms. The molecule has 2 aromatic carbocycles. The van der Waals surface area contributed by atoms with E-state index in [-0.39, 0.29) is 5.91 Å². The van der Waals surface area contributed by atoms with Crippen molar-refractivity contribution < 1.29 is 4.79 Å². The quantitative estimate of drug-likeness (QED) is 0.864. The molecule has 2 rings (SSSR count). The molecule has 0 aromatic heterocycles. The van der Waals surface area contributed by atoms with Crippen molar-refractivity contribution in [1.29, 1.82) is 0 Å². The van der Waals surface area contributed by atoms with Crippen LogP contribution in [0, 0.1) is 6.92 Å². The number of hydrogen-bond donors (Lipinski definition) is 2. The number of carbonyl (C=O) groups excluding carboxylic acids is 1. The molecule has 1 atom stereocenters. The zero-order valence-electron chi connectivity index (χ0n) is 12.8. The van der Waals surface area contributed by atoms with Gasteiger partial charge in [0, 0.05) is 24.8 Å². The largest absolute Gasteiger partial charge is 0.384 e. The summed E-state index contributed by atoms with van der Waals surface area (Å²) in [6, 6.07) is 16.5. The molecule has 1 unspecified atom stereocenters. The van der Waals surface area contributed by atoms with Crippen LogP contribution in [0.1, 0.15) is 30.9 Å². The number of anilines is 2. The van der Waals surface area contributed by atoms with Crippen molar-refractivity contribution >= 4 is 17.3 Å². The highest BCUT2D eigenvalue weighted by Crippen LogP contribution is 2.21. The second-order valence-electron chi connectivity index (χ2n) is 5.40. The Kier molecular flexibility index (Phi) is 4.99. The predicted octanol–water partition coefficient (Wildman–Crippen LogP) is 4.17. The normalized spacial score (nSPS) is 11.8. The third-order valence-electron chi connectivity index (χ3n) is 3.52. The zero-order chi connectivity index (χ0) is 15.2. The number of amides is 1. The molecule has 2 N–H and O–H groups in total. The molecule has 0 fully saturated rings. The van der Waals surface area contributed by atoms with E-state index >= 15 is 0 Å². The lowest BCUT2D eigenvalue weighted by Gasteiger charge is -2.15. The van der Waals surface area contributed by atoms with Crippen molar-refractivity contribution in [3.05, 3.63) is 59.7 Å². The van der Waals surface area contributed by atoms with Gasteiger partial charge in [0.05, 0.1) is 0 Å². The number of aryl methyl sites for hydroxylation is 1. The third kappa shape index (κ3) is 4.35. The SMILES string of the molecule is CC(=O)Nc1ccc(NCC(C)c2ccccc2)cc1C. The van der Waals surface area contributed by atoms with Crippen LogP contribution in [-0.4, -0.2) is 12.5 Å². The molecular formula is C18H22N2O. The van der Waals surface area contributed by atoms with E-state index in [1.807, 2.05) is 25.1 Å². The van der Waals surface area contributed by atoms with Crippen LogP contribution < -0.4 is 10.6 Å². The van der Waals surface area contributed by atoms with E-state index in [1.165, 1.54) is 12.5 Å². The summed E-state index contributed by atoms with van der Waals surface area (Å²) in [5.74, 6) is 0.401. The molecule has 0 heterocycles.